The van der Waals surface area contributed by atoms with Crippen molar-refractivity contribution in [3.05, 3.63) is 71.8 Å². The molecule has 0 spiro atoms. The number of quaternary nitrogens is 1. The smallest absolute Gasteiger partial charge is 0.410 e. The number of nitrogens with two attached hydrogens (primary N) is 1. The number of methoxy groups -OCH3 is 1. The quantitative estimate of drug-likeness (QED) is 0.319. The van der Waals surface area contributed by atoms with Crippen molar-refractivity contribution in [1.82, 2.24) is 19.4 Å². The Labute approximate surface area is 260 Å². The van der Waals surface area contributed by atoms with Crippen LogP contribution in [0.15, 0.2) is 60.7 Å². The van der Waals surface area contributed by atoms with Gasteiger partial charge in [-0.25, -0.2) is 9.80 Å². The molecule has 4 rings (SSSR count). The van der Waals surface area contributed by atoms with Crippen LogP contribution in [0, 0.1) is 0 Å². The number of likely N-dealkylation sites (N-methyl/N-ethyl adjacent to an activating group) is 1. The number of hydrogen-bond donors (Lipinski definition) is 1. The molecule has 3 amide bonds. The molecule has 2 N–H and O–H groups in total. The van der Waals surface area contributed by atoms with Crippen LogP contribution in [0.25, 0.3) is 10.8 Å². The zero-order valence-corrected chi connectivity index (χ0v) is 27.0. The van der Waals surface area contributed by atoms with Crippen molar-refractivity contribution >= 4 is 34.4 Å². The van der Waals surface area contributed by atoms with Gasteiger partial charge in [-0.05, 0) is 62.6 Å². The number of benzene rings is 3. The lowest BCUT2D eigenvalue weighted by Crippen LogP contribution is -2.62. The minimum Gasteiger partial charge on any atom is -0.491 e. The molecule has 10 nitrogen and oxygen atoms in total. The molecule has 3 aromatic carbocycles. The van der Waals surface area contributed by atoms with Crippen molar-refractivity contribution in [2.24, 2.45) is 5.73 Å². The highest BCUT2D eigenvalue weighted by atomic mass is 16.6. The van der Waals surface area contributed by atoms with Gasteiger partial charge >= 0.3 is 6.09 Å². The second-order valence-electron chi connectivity index (χ2n) is 12.8. The highest BCUT2D eigenvalue weighted by Gasteiger charge is 2.41. The summed E-state index contributed by atoms with van der Waals surface area (Å²) in [6.45, 7) is 10.7. The first-order valence-corrected chi connectivity index (χ1v) is 15.0. The van der Waals surface area contributed by atoms with E-state index in [4.69, 9.17) is 15.2 Å². The third kappa shape index (κ3) is 7.49. The van der Waals surface area contributed by atoms with E-state index in [1.807, 2.05) is 88.2 Å². The first-order chi connectivity index (χ1) is 20.7. The third-order valence-corrected chi connectivity index (χ3v) is 8.08. The molecular formula is C34H46N5O5+. The average Bonchev–Trinajstić information content (AvgIpc) is 3.39. The molecule has 1 unspecified atom stereocenters. The van der Waals surface area contributed by atoms with Crippen molar-refractivity contribution in [3.8, 4) is 5.75 Å². The van der Waals surface area contributed by atoms with Gasteiger partial charge in [0.15, 0.2) is 24.5 Å². The summed E-state index contributed by atoms with van der Waals surface area (Å²) in [6, 6.07) is 19.7. The molecule has 1 aliphatic rings. The Hall–Kier alpha value is -4.15. The zero-order chi connectivity index (χ0) is 32.2. The number of amides is 3. The van der Waals surface area contributed by atoms with Crippen LogP contribution in [0.4, 0.5) is 10.5 Å². The predicted octanol–water partition coefficient (Wildman–Crippen LogP) is 4.68. The molecule has 0 radical (unpaired) electrons. The first kappa shape index (κ1) is 32.8. The van der Waals surface area contributed by atoms with E-state index in [0.717, 1.165) is 10.8 Å². The Morgan fingerprint density at radius 2 is 1.52 bits per heavy atom. The molecule has 1 aliphatic heterocycles. The highest BCUT2D eigenvalue weighted by Crippen LogP contribution is 2.38. The maximum Gasteiger partial charge on any atom is 0.410 e. The number of hydrogen-bond acceptors (Lipinski definition) is 6. The van der Waals surface area contributed by atoms with E-state index >= 15 is 0 Å². The van der Waals surface area contributed by atoms with Crippen molar-refractivity contribution in [2.45, 2.75) is 59.4 Å². The molecule has 10 heteroatoms. The Balaban J connectivity index is 1.77. The minimum atomic E-state index is -0.684. The number of nitrogens with zero attached hydrogens (tertiary/aromatic N) is 4. The molecule has 0 aromatic heterocycles. The number of hydrazine groups is 1. The van der Waals surface area contributed by atoms with E-state index in [1.54, 1.807) is 24.1 Å². The molecule has 1 heterocycles. The Morgan fingerprint density at radius 1 is 0.955 bits per heavy atom. The molecule has 0 aliphatic carbocycles. The van der Waals surface area contributed by atoms with Crippen LogP contribution in [0.3, 0.4) is 0 Å². The van der Waals surface area contributed by atoms with Gasteiger partial charge in [0.25, 0.3) is 11.8 Å². The van der Waals surface area contributed by atoms with Crippen molar-refractivity contribution in [2.75, 3.05) is 40.3 Å². The van der Waals surface area contributed by atoms with E-state index < -0.39 is 17.6 Å². The van der Waals surface area contributed by atoms with E-state index in [1.165, 1.54) is 11.1 Å². The van der Waals surface area contributed by atoms with Crippen LogP contribution < -0.4 is 15.0 Å². The summed E-state index contributed by atoms with van der Waals surface area (Å²) >= 11 is 0. The van der Waals surface area contributed by atoms with Gasteiger partial charge in [-0.3, -0.25) is 19.1 Å². The predicted molar refractivity (Wildman–Crippen MR) is 173 cm³/mol. The Kier molecular flexibility index (Phi) is 9.85. The van der Waals surface area contributed by atoms with Gasteiger partial charge in [-0.2, -0.15) is 0 Å². The molecule has 0 saturated heterocycles. The average molecular weight is 605 g/mol. The van der Waals surface area contributed by atoms with Gasteiger partial charge in [0, 0.05) is 32.2 Å². The van der Waals surface area contributed by atoms with E-state index in [9.17, 15) is 14.4 Å². The van der Waals surface area contributed by atoms with Gasteiger partial charge in [-0.15, -0.1) is 0 Å². The molecule has 1 atom stereocenters. The SMILES string of the molecule is COc1cc2ccccc2cc1[N+](CCN(C(=O)OC(C)(C)C)C(C)C)(CC(N)=O)CC(=O)N(C)N1Cc2ccccc2C1. The molecule has 0 bridgehead atoms. The van der Waals surface area contributed by atoms with E-state index in [0.29, 0.717) is 24.5 Å². The van der Waals surface area contributed by atoms with Crippen molar-refractivity contribution in [1.29, 1.82) is 0 Å². The number of carbonyl (C=O) groups excluding carboxylic acids is 3. The van der Waals surface area contributed by atoms with Gasteiger partial charge in [0.1, 0.15) is 12.1 Å². The molecule has 44 heavy (non-hydrogen) atoms. The summed E-state index contributed by atoms with van der Waals surface area (Å²) in [5.74, 6) is -0.234. The minimum absolute atomic E-state index is 0.0821. The van der Waals surface area contributed by atoms with Gasteiger partial charge in [0.05, 0.1) is 13.7 Å². The maximum absolute atomic E-state index is 14.2. The van der Waals surface area contributed by atoms with Gasteiger partial charge in [-0.1, -0.05) is 48.5 Å². The lowest BCUT2D eigenvalue weighted by atomic mass is 10.1. The van der Waals surface area contributed by atoms with Crippen LogP contribution in [0.1, 0.15) is 45.7 Å². The van der Waals surface area contributed by atoms with Crippen LogP contribution >= 0.6 is 0 Å². The first-order valence-electron chi connectivity index (χ1n) is 15.0. The number of rotatable bonds is 11. The lowest BCUT2D eigenvalue weighted by Gasteiger charge is -2.41. The van der Waals surface area contributed by atoms with Gasteiger partial charge in [0.2, 0.25) is 0 Å². The summed E-state index contributed by atoms with van der Waals surface area (Å²) in [6.07, 6.45) is -0.464. The van der Waals surface area contributed by atoms with Crippen LogP contribution in [0.5, 0.6) is 5.75 Å². The lowest BCUT2D eigenvalue weighted by molar-refractivity contribution is -0.147. The Morgan fingerprint density at radius 3 is 2.05 bits per heavy atom. The summed E-state index contributed by atoms with van der Waals surface area (Å²) in [5, 5.41) is 5.51. The number of carbonyl (C=O) groups is 3. The molecule has 0 saturated carbocycles. The summed E-state index contributed by atoms with van der Waals surface area (Å²) < 4.78 is 11.5. The third-order valence-electron chi connectivity index (χ3n) is 8.08. The fourth-order valence-electron chi connectivity index (χ4n) is 5.77. The normalized spacial score (nSPS) is 14.6. The number of ether oxygens (including phenoxy) is 2. The summed E-state index contributed by atoms with van der Waals surface area (Å²) in [4.78, 5) is 41.9. The second-order valence-corrected chi connectivity index (χ2v) is 12.8. The number of fused-ring (bicyclic) bond motifs is 2. The molecule has 3 aromatic rings. The van der Waals surface area contributed by atoms with Crippen LogP contribution in [-0.4, -0.2) is 84.8 Å². The summed E-state index contributed by atoms with van der Waals surface area (Å²) in [5.41, 5.74) is 8.23. The van der Waals surface area contributed by atoms with Crippen molar-refractivity contribution < 1.29 is 23.9 Å². The molecule has 236 valence electrons. The largest absolute Gasteiger partial charge is 0.491 e. The van der Waals surface area contributed by atoms with Crippen LogP contribution in [0.2, 0.25) is 0 Å². The topological polar surface area (TPSA) is 105 Å². The van der Waals surface area contributed by atoms with E-state index in [-0.39, 0.29) is 42.6 Å². The number of primary amides is 1. The summed E-state index contributed by atoms with van der Waals surface area (Å²) in [7, 11) is 3.33. The standard InChI is InChI=1S/C34H45N5O5/c1-24(2)38(33(42)44-34(3,4)5)16-17-39(22-31(35)40,29-18-25-12-8-9-13-26(25)19-30(29)43-7)23-32(41)36(6)37-20-27-14-10-11-15-28(27)21-37/h8-15,18-19,24H,16-17,20-23H2,1-7H3,(H-,35,40)/p+1. The Bertz CT molecular complexity index is 1490. The van der Waals surface area contributed by atoms with Crippen LogP contribution in [-0.2, 0) is 27.4 Å². The van der Waals surface area contributed by atoms with Gasteiger partial charge < -0.3 is 20.1 Å². The fraction of sp³-hybridized carbons (Fsp3) is 0.441. The molecule has 0 fully saturated rings. The van der Waals surface area contributed by atoms with E-state index in [2.05, 4.69) is 12.1 Å². The fourth-order valence-corrected chi connectivity index (χ4v) is 5.77. The molecular weight excluding hydrogens is 558 g/mol. The second kappa shape index (κ2) is 13.2. The van der Waals surface area contributed by atoms with Crippen molar-refractivity contribution in [3.63, 3.8) is 0 Å². The maximum atomic E-state index is 14.2. The monoisotopic (exact) mass is 604 g/mol. The highest BCUT2D eigenvalue weighted by molar-refractivity contribution is 5.91. The zero-order valence-electron chi connectivity index (χ0n) is 27.0.